The number of aromatic amines is 1. The maximum absolute atomic E-state index is 12.0. The number of unbranched alkanes of at least 4 members (excludes halogenated alkanes) is 1. The van der Waals surface area contributed by atoms with Crippen LogP contribution in [0.1, 0.15) is 32.3 Å². The van der Waals surface area contributed by atoms with Gasteiger partial charge < -0.3 is 20.1 Å². The van der Waals surface area contributed by atoms with Gasteiger partial charge in [-0.05, 0) is 44.0 Å². The number of benzene rings is 2. The van der Waals surface area contributed by atoms with Crippen LogP contribution < -0.4 is 20.1 Å². The third-order valence-electron chi connectivity index (χ3n) is 5.38. The zero-order valence-corrected chi connectivity index (χ0v) is 20.2. The number of ether oxygens (including phenoxy) is 2. The normalized spacial score (nSPS) is 10.8. The minimum absolute atomic E-state index is 0.0456. The van der Waals surface area contributed by atoms with Crippen LogP contribution in [0.4, 0.5) is 11.5 Å². The Bertz CT molecular complexity index is 1290. The van der Waals surface area contributed by atoms with Crippen molar-refractivity contribution in [3.63, 3.8) is 0 Å². The number of anilines is 2. The van der Waals surface area contributed by atoms with Gasteiger partial charge in [-0.2, -0.15) is 5.10 Å². The van der Waals surface area contributed by atoms with Crippen LogP contribution in [0.25, 0.3) is 22.3 Å². The molecule has 0 radical (unpaired) electrons. The third-order valence-corrected chi connectivity index (χ3v) is 5.38. The van der Waals surface area contributed by atoms with Crippen LogP contribution in [0.5, 0.6) is 11.5 Å². The molecular formula is C26H30N6O3. The summed E-state index contributed by atoms with van der Waals surface area (Å²) in [6.45, 7) is 7.16. The van der Waals surface area contributed by atoms with Crippen molar-refractivity contribution >= 4 is 28.3 Å². The number of rotatable bonds is 11. The first-order valence-electron chi connectivity index (χ1n) is 11.8. The molecular weight excluding hydrogens is 444 g/mol. The molecule has 0 bridgehead atoms. The largest absolute Gasteiger partial charge is 0.493 e. The first kappa shape index (κ1) is 24.0. The number of nitrogens with one attached hydrogen (secondary N) is 3. The molecule has 9 heteroatoms. The van der Waals surface area contributed by atoms with Crippen molar-refractivity contribution in [3.05, 3.63) is 54.4 Å². The lowest BCUT2D eigenvalue weighted by Gasteiger charge is -2.15. The molecule has 35 heavy (non-hydrogen) atoms. The molecule has 9 nitrogen and oxygen atoms in total. The summed E-state index contributed by atoms with van der Waals surface area (Å²) < 4.78 is 11.7. The second-order valence-corrected chi connectivity index (χ2v) is 8.07. The maximum atomic E-state index is 12.0. The van der Waals surface area contributed by atoms with E-state index >= 15 is 0 Å². The van der Waals surface area contributed by atoms with E-state index in [2.05, 4.69) is 27.8 Å². The molecule has 0 aliphatic rings. The number of aromatic nitrogens is 4. The number of H-pyrrole nitrogens is 1. The number of carbonyl (C=O) groups excluding carboxylic acids is 1. The molecule has 182 valence electrons. The van der Waals surface area contributed by atoms with Crippen LogP contribution in [-0.2, 0) is 4.79 Å². The van der Waals surface area contributed by atoms with E-state index in [1.54, 1.807) is 12.4 Å². The van der Waals surface area contributed by atoms with Crippen LogP contribution in [0.2, 0.25) is 0 Å². The number of hydrogen-bond acceptors (Lipinski definition) is 7. The first-order valence-corrected chi connectivity index (χ1v) is 11.8. The summed E-state index contributed by atoms with van der Waals surface area (Å²) in [6.07, 6.45) is 5.41. The molecule has 2 aromatic carbocycles. The van der Waals surface area contributed by atoms with E-state index < -0.39 is 0 Å². The summed E-state index contributed by atoms with van der Waals surface area (Å²) in [5.41, 5.74) is 3.28. The first-order chi connectivity index (χ1) is 17.1. The predicted molar refractivity (Wildman–Crippen MR) is 136 cm³/mol. The van der Waals surface area contributed by atoms with Crippen molar-refractivity contribution < 1.29 is 14.3 Å². The second-order valence-electron chi connectivity index (χ2n) is 8.07. The van der Waals surface area contributed by atoms with E-state index in [1.807, 2.05) is 50.2 Å². The number of fused-ring (bicyclic) bond motifs is 1. The van der Waals surface area contributed by atoms with Crippen molar-refractivity contribution in [2.45, 2.75) is 33.6 Å². The molecule has 2 aromatic heterocycles. The van der Waals surface area contributed by atoms with Gasteiger partial charge in [0, 0.05) is 18.3 Å². The van der Waals surface area contributed by atoms with E-state index in [4.69, 9.17) is 19.4 Å². The highest BCUT2D eigenvalue weighted by Gasteiger charge is 2.17. The van der Waals surface area contributed by atoms with Crippen LogP contribution in [0.15, 0.2) is 48.8 Å². The van der Waals surface area contributed by atoms with E-state index in [9.17, 15) is 4.79 Å². The van der Waals surface area contributed by atoms with Crippen molar-refractivity contribution in [1.29, 1.82) is 0 Å². The maximum Gasteiger partial charge on any atom is 0.257 e. The highest BCUT2D eigenvalue weighted by molar-refractivity contribution is 5.98. The molecule has 3 N–H and O–H groups in total. The molecule has 0 saturated carbocycles. The van der Waals surface area contributed by atoms with Crippen LogP contribution in [0, 0.1) is 6.92 Å². The number of hydrogen-bond donors (Lipinski definition) is 3. The van der Waals surface area contributed by atoms with Crippen molar-refractivity contribution in [3.8, 4) is 22.9 Å². The number of carbonyl (C=O) groups is 1. The minimum atomic E-state index is -0.142. The minimum Gasteiger partial charge on any atom is -0.493 e. The molecule has 0 spiro atoms. The highest BCUT2D eigenvalue weighted by atomic mass is 16.5. The molecule has 4 rings (SSSR count). The Morgan fingerprint density at radius 3 is 2.77 bits per heavy atom. The molecule has 0 atom stereocenters. The molecule has 1 amide bonds. The predicted octanol–water partition coefficient (Wildman–Crippen LogP) is 4.77. The van der Waals surface area contributed by atoms with Gasteiger partial charge >= 0.3 is 0 Å². The standard InChI is InChI=1S/C26H30N6O3/c1-4-6-12-27-22(33)16-35-20-9-7-8-18(13-20)25-31-21-11-10-17(3)24(34-5-2)23(21)26(32-25)30-19-14-28-29-15-19/h7-11,13-15H,4-6,12,16H2,1-3H3,(H,27,33)(H,28,29)(H,30,31,32). The van der Waals surface area contributed by atoms with Gasteiger partial charge in [-0.25, -0.2) is 9.97 Å². The topological polar surface area (TPSA) is 114 Å². The zero-order chi connectivity index (χ0) is 24.6. The quantitative estimate of drug-likeness (QED) is 0.268. The monoisotopic (exact) mass is 474 g/mol. The van der Waals surface area contributed by atoms with Gasteiger partial charge in [0.15, 0.2) is 12.4 Å². The summed E-state index contributed by atoms with van der Waals surface area (Å²) in [7, 11) is 0. The Labute approximate surface area is 204 Å². The van der Waals surface area contributed by atoms with Crippen LogP contribution in [-0.4, -0.2) is 45.8 Å². The van der Waals surface area contributed by atoms with Gasteiger partial charge in [-0.3, -0.25) is 9.89 Å². The summed E-state index contributed by atoms with van der Waals surface area (Å²) in [4.78, 5) is 21.7. The van der Waals surface area contributed by atoms with Crippen molar-refractivity contribution in [2.75, 3.05) is 25.1 Å². The molecule has 0 saturated heterocycles. The smallest absolute Gasteiger partial charge is 0.257 e. The Morgan fingerprint density at radius 1 is 1.11 bits per heavy atom. The summed E-state index contributed by atoms with van der Waals surface area (Å²) in [5, 5.41) is 13.8. The van der Waals surface area contributed by atoms with Crippen LogP contribution in [0.3, 0.4) is 0 Å². The van der Waals surface area contributed by atoms with E-state index in [-0.39, 0.29) is 12.5 Å². The van der Waals surface area contributed by atoms with Gasteiger partial charge in [-0.15, -0.1) is 0 Å². The molecule has 2 heterocycles. The highest BCUT2D eigenvalue weighted by Crippen LogP contribution is 2.36. The van der Waals surface area contributed by atoms with E-state index in [0.717, 1.165) is 46.3 Å². The lowest BCUT2D eigenvalue weighted by atomic mass is 10.1. The zero-order valence-electron chi connectivity index (χ0n) is 20.2. The lowest BCUT2D eigenvalue weighted by molar-refractivity contribution is -0.123. The van der Waals surface area contributed by atoms with Crippen molar-refractivity contribution in [2.24, 2.45) is 0 Å². The van der Waals surface area contributed by atoms with Crippen LogP contribution >= 0.6 is 0 Å². The van der Waals surface area contributed by atoms with Gasteiger partial charge in [-0.1, -0.05) is 31.5 Å². The Hall–Kier alpha value is -4.14. The summed E-state index contributed by atoms with van der Waals surface area (Å²) >= 11 is 0. The molecule has 0 unspecified atom stereocenters. The fourth-order valence-electron chi connectivity index (χ4n) is 3.63. The SMILES string of the molecule is CCCCNC(=O)COc1cccc(-c2nc(Nc3cn[nH]c3)c3c(OCC)c(C)ccc3n2)c1. The average molecular weight is 475 g/mol. The number of amides is 1. The fourth-order valence-corrected chi connectivity index (χ4v) is 3.63. The van der Waals surface area contributed by atoms with E-state index in [1.165, 1.54) is 0 Å². The fraction of sp³-hybridized carbons (Fsp3) is 0.308. The summed E-state index contributed by atoms with van der Waals surface area (Å²) in [5.74, 6) is 2.30. The number of nitrogens with zero attached hydrogens (tertiary/aromatic N) is 3. The second kappa shape index (κ2) is 11.3. The molecule has 0 aliphatic heterocycles. The Morgan fingerprint density at radius 2 is 2.00 bits per heavy atom. The van der Waals surface area contributed by atoms with Crippen molar-refractivity contribution in [1.82, 2.24) is 25.5 Å². The van der Waals surface area contributed by atoms with Gasteiger partial charge in [0.1, 0.15) is 17.3 Å². The Balaban J connectivity index is 1.67. The molecule has 0 fully saturated rings. The molecule has 4 aromatic rings. The van der Waals surface area contributed by atoms with Gasteiger partial charge in [0.2, 0.25) is 0 Å². The van der Waals surface area contributed by atoms with Gasteiger partial charge in [0.05, 0.1) is 29.4 Å². The Kier molecular flexibility index (Phi) is 7.77. The summed E-state index contributed by atoms with van der Waals surface area (Å²) in [6, 6.07) is 11.4. The van der Waals surface area contributed by atoms with Gasteiger partial charge in [0.25, 0.3) is 5.91 Å². The van der Waals surface area contributed by atoms with E-state index in [0.29, 0.717) is 30.5 Å². The number of aryl methyl sites for hydroxylation is 1. The average Bonchev–Trinajstić information content (AvgIpc) is 3.38. The third kappa shape index (κ3) is 5.87. The molecule has 0 aliphatic carbocycles. The lowest BCUT2D eigenvalue weighted by Crippen LogP contribution is -2.29.